The SMILES string of the molecule is CCn1nccc1C(O)c1ccc(OC)c(OC)c1Cl. The standard InChI is InChI=1S/C14H17ClN2O3/c1-4-17-10(7-8-16-17)13(18)9-5-6-11(19-2)14(20-3)12(9)15/h5-8,13,18H,4H2,1-3H3. The van der Waals surface area contributed by atoms with Gasteiger partial charge in [0.15, 0.2) is 11.5 Å². The summed E-state index contributed by atoms with van der Waals surface area (Å²) in [5, 5.41) is 15.0. The van der Waals surface area contributed by atoms with Crippen LogP contribution in [0.1, 0.15) is 24.3 Å². The molecule has 1 aromatic heterocycles. The average Bonchev–Trinajstić information content (AvgIpc) is 2.94. The molecule has 0 bridgehead atoms. The van der Waals surface area contributed by atoms with Gasteiger partial charge in [0.1, 0.15) is 6.10 Å². The molecule has 0 fully saturated rings. The number of aliphatic hydroxyl groups excluding tert-OH is 1. The van der Waals surface area contributed by atoms with Crippen molar-refractivity contribution in [3.8, 4) is 11.5 Å². The number of rotatable bonds is 5. The minimum absolute atomic E-state index is 0.336. The molecule has 2 rings (SSSR count). The van der Waals surface area contributed by atoms with E-state index in [4.69, 9.17) is 21.1 Å². The van der Waals surface area contributed by atoms with Crippen molar-refractivity contribution in [2.24, 2.45) is 0 Å². The summed E-state index contributed by atoms with van der Waals surface area (Å²) in [6, 6.07) is 5.21. The third-order valence-electron chi connectivity index (χ3n) is 3.14. The van der Waals surface area contributed by atoms with Crippen LogP contribution in [-0.2, 0) is 6.54 Å². The van der Waals surface area contributed by atoms with Gasteiger partial charge in [-0.2, -0.15) is 5.10 Å². The minimum atomic E-state index is -0.871. The molecule has 20 heavy (non-hydrogen) atoms. The Morgan fingerprint density at radius 2 is 2.05 bits per heavy atom. The van der Waals surface area contributed by atoms with Gasteiger partial charge in [0.25, 0.3) is 0 Å². The van der Waals surface area contributed by atoms with E-state index in [1.807, 2.05) is 6.92 Å². The van der Waals surface area contributed by atoms with Crippen LogP contribution in [0.2, 0.25) is 5.02 Å². The fraction of sp³-hybridized carbons (Fsp3) is 0.357. The Balaban J connectivity index is 2.48. The van der Waals surface area contributed by atoms with Gasteiger partial charge in [-0.1, -0.05) is 17.7 Å². The van der Waals surface area contributed by atoms with Gasteiger partial charge in [-0.3, -0.25) is 4.68 Å². The summed E-state index contributed by atoms with van der Waals surface area (Å²) in [7, 11) is 3.05. The summed E-state index contributed by atoms with van der Waals surface area (Å²) in [5.41, 5.74) is 1.24. The van der Waals surface area contributed by atoms with E-state index in [2.05, 4.69) is 5.10 Å². The van der Waals surface area contributed by atoms with E-state index in [0.29, 0.717) is 34.3 Å². The number of halogens is 1. The average molecular weight is 297 g/mol. The number of aryl methyl sites for hydroxylation is 1. The first-order valence-electron chi connectivity index (χ1n) is 6.24. The summed E-state index contributed by atoms with van der Waals surface area (Å²) < 4.78 is 12.1. The first-order chi connectivity index (χ1) is 9.63. The molecule has 0 saturated carbocycles. The molecule has 0 aliphatic carbocycles. The molecule has 6 heteroatoms. The molecule has 1 aromatic carbocycles. The lowest BCUT2D eigenvalue weighted by Crippen LogP contribution is -2.10. The van der Waals surface area contributed by atoms with Gasteiger partial charge in [-0.25, -0.2) is 0 Å². The number of aliphatic hydroxyl groups is 1. The van der Waals surface area contributed by atoms with E-state index in [1.165, 1.54) is 14.2 Å². The molecule has 1 unspecified atom stereocenters. The van der Waals surface area contributed by atoms with Crippen LogP contribution in [0.15, 0.2) is 24.4 Å². The Bertz CT molecular complexity index is 598. The van der Waals surface area contributed by atoms with Crippen LogP contribution in [0.5, 0.6) is 11.5 Å². The number of ether oxygens (including phenoxy) is 2. The van der Waals surface area contributed by atoms with Crippen molar-refractivity contribution in [1.29, 1.82) is 0 Å². The van der Waals surface area contributed by atoms with Crippen LogP contribution >= 0.6 is 11.6 Å². The molecule has 0 radical (unpaired) electrons. The number of aromatic nitrogens is 2. The highest BCUT2D eigenvalue weighted by molar-refractivity contribution is 6.33. The second kappa shape index (κ2) is 6.15. The molecule has 108 valence electrons. The van der Waals surface area contributed by atoms with E-state index >= 15 is 0 Å². The highest BCUT2D eigenvalue weighted by atomic mass is 35.5. The number of benzene rings is 1. The molecule has 1 N–H and O–H groups in total. The van der Waals surface area contributed by atoms with Crippen molar-refractivity contribution in [1.82, 2.24) is 9.78 Å². The molecule has 1 atom stereocenters. The van der Waals surface area contributed by atoms with Crippen LogP contribution in [0.25, 0.3) is 0 Å². The normalized spacial score (nSPS) is 12.2. The number of methoxy groups -OCH3 is 2. The van der Waals surface area contributed by atoms with Gasteiger partial charge >= 0.3 is 0 Å². The summed E-state index contributed by atoms with van der Waals surface area (Å²) in [6.45, 7) is 2.63. The van der Waals surface area contributed by atoms with Gasteiger partial charge in [0.2, 0.25) is 0 Å². The third-order valence-corrected chi connectivity index (χ3v) is 3.53. The lowest BCUT2D eigenvalue weighted by atomic mass is 10.1. The highest BCUT2D eigenvalue weighted by Crippen LogP contribution is 2.40. The topological polar surface area (TPSA) is 56.5 Å². The molecule has 0 aliphatic rings. The summed E-state index contributed by atoms with van der Waals surface area (Å²) >= 11 is 6.31. The highest BCUT2D eigenvalue weighted by Gasteiger charge is 2.22. The fourth-order valence-electron chi connectivity index (χ4n) is 2.11. The molecule has 0 spiro atoms. The van der Waals surface area contributed by atoms with Gasteiger partial charge < -0.3 is 14.6 Å². The lowest BCUT2D eigenvalue weighted by Gasteiger charge is -2.17. The predicted octanol–water partition coefficient (Wildman–Crippen LogP) is 2.66. The van der Waals surface area contributed by atoms with E-state index < -0.39 is 6.10 Å². The molecule has 0 amide bonds. The van der Waals surface area contributed by atoms with Crippen molar-refractivity contribution in [3.05, 3.63) is 40.7 Å². The van der Waals surface area contributed by atoms with Crippen LogP contribution in [0, 0.1) is 0 Å². The van der Waals surface area contributed by atoms with Gasteiger partial charge in [0.05, 0.1) is 24.9 Å². The molecular formula is C14H17ClN2O3. The number of hydrogen-bond donors (Lipinski definition) is 1. The van der Waals surface area contributed by atoms with E-state index in [-0.39, 0.29) is 0 Å². The Morgan fingerprint density at radius 3 is 2.65 bits per heavy atom. The van der Waals surface area contributed by atoms with Gasteiger partial charge in [-0.05, 0) is 19.1 Å². The van der Waals surface area contributed by atoms with E-state index in [1.54, 1.807) is 29.1 Å². The van der Waals surface area contributed by atoms with Gasteiger partial charge in [-0.15, -0.1) is 0 Å². The maximum atomic E-state index is 10.5. The third kappa shape index (κ3) is 2.46. The molecule has 0 aliphatic heterocycles. The van der Waals surface area contributed by atoms with Crippen LogP contribution < -0.4 is 9.47 Å². The zero-order chi connectivity index (χ0) is 14.7. The zero-order valence-electron chi connectivity index (χ0n) is 11.6. The maximum absolute atomic E-state index is 10.5. The summed E-state index contributed by atoms with van der Waals surface area (Å²) in [6.07, 6.45) is 0.779. The Morgan fingerprint density at radius 1 is 1.30 bits per heavy atom. The smallest absolute Gasteiger partial charge is 0.179 e. The molecular weight excluding hydrogens is 280 g/mol. The Kier molecular flexibility index (Phi) is 4.52. The van der Waals surface area contributed by atoms with Crippen molar-refractivity contribution in [3.63, 3.8) is 0 Å². The van der Waals surface area contributed by atoms with Crippen LogP contribution in [0.4, 0.5) is 0 Å². The molecule has 1 heterocycles. The number of nitrogens with zero attached hydrogens (tertiary/aromatic N) is 2. The van der Waals surface area contributed by atoms with Gasteiger partial charge in [0, 0.05) is 18.3 Å². The van der Waals surface area contributed by atoms with Crippen molar-refractivity contribution < 1.29 is 14.6 Å². The second-order valence-corrected chi connectivity index (χ2v) is 4.56. The summed E-state index contributed by atoms with van der Waals surface area (Å²) in [4.78, 5) is 0. The van der Waals surface area contributed by atoms with Crippen molar-refractivity contribution in [2.75, 3.05) is 14.2 Å². The quantitative estimate of drug-likeness (QED) is 0.921. The van der Waals surface area contributed by atoms with Crippen molar-refractivity contribution >= 4 is 11.6 Å². The molecule has 0 saturated heterocycles. The van der Waals surface area contributed by atoms with E-state index in [9.17, 15) is 5.11 Å². The monoisotopic (exact) mass is 296 g/mol. The van der Waals surface area contributed by atoms with Crippen LogP contribution in [-0.4, -0.2) is 29.1 Å². The number of hydrogen-bond acceptors (Lipinski definition) is 4. The van der Waals surface area contributed by atoms with Crippen molar-refractivity contribution in [2.45, 2.75) is 19.6 Å². The molecule has 2 aromatic rings. The fourth-order valence-corrected chi connectivity index (χ4v) is 2.45. The first-order valence-corrected chi connectivity index (χ1v) is 6.62. The largest absolute Gasteiger partial charge is 0.493 e. The minimum Gasteiger partial charge on any atom is -0.493 e. The second-order valence-electron chi connectivity index (χ2n) is 4.18. The Hall–Kier alpha value is -1.72. The predicted molar refractivity (Wildman–Crippen MR) is 76.5 cm³/mol. The lowest BCUT2D eigenvalue weighted by molar-refractivity contribution is 0.207. The van der Waals surface area contributed by atoms with Crippen LogP contribution in [0.3, 0.4) is 0 Å². The first kappa shape index (κ1) is 14.7. The summed E-state index contributed by atoms with van der Waals surface area (Å²) in [5.74, 6) is 0.936. The maximum Gasteiger partial charge on any atom is 0.179 e. The van der Waals surface area contributed by atoms with E-state index in [0.717, 1.165) is 0 Å². The zero-order valence-corrected chi connectivity index (χ0v) is 12.4. The Labute approximate surface area is 122 Å². The molecule has 5 nitrogen and oxygen atoms in total.